The minimum absolute atomic E-state index is 0.156. The highest BCUT2D eigenvalue weighted by molar-refractivity contribution is 6.30. The maximum atomic E-state index is 13.4. The van der Waals surface area contributed by atoms with Crippen LogP contribution >= 0.6 is 11.6 Å². The lowest BCUT2D eigenvalue weighted by Gasteiger charge is -2.39. The summed E-state index contributed by atoms with van der Waals surface area (Å²) in [6, 6.07) is 5.90. The smallest absolute Gasteiger partial charge is 0.313 e. The topological polar surface area (TPSA) is 67.9 Å². The molecule has 1 aromatic carbocycles. The number of carbonyl (C=O) groups excluding carboxylic acids is 2. The van der Waals surface area contributed by atoms with Gasteiger partial charge in [0.05, 0.1) is 31.9 Å². The van der Waals surface area contributed by atoms with Crippen LogP contribution in [-0.2, 0) is 19.1 Å². The van der Waals surface area contributed by atoms with E-state index in [0.717, 1.165) is 5.56 Å². The van der Waals surface area contributed by atoms with Crippen LogP contribution < -0.4 is 5.32 Å². The van der Waals surface area contributed by atoms with Crippen LogP contribution in [0.4, 0.5) is 0 Å². The minimum atomic E-state index is -0.731. The molecule has 0 saturated carbocycles. The monoisotopic (exact) mass is 430 g/mol. The number of esters is 1. The van der Waals surface area contributed by atoms with Gasteiger partial charge in [-0.1, -0.05) is 41.8 Å². The molecule has 1 N–H and O–H groups in total. The molecule has 2 bridgehead atoms. The van der Waals surface area contributed by atoms with E-state index in [4.69, 9.17) is 27.5 Å². The van der Waals surface area contributed by atoms with E-state index in [1.54, 1.807) is 24.3 Å². The first-order valence-corrected chi connectivity index (χ1v) is 10.2. The third-order valence-corrected chi connectivity index (χ3v) is 5.51. The quantitative estimate of drug-likeness (QED) is 0.427. The summed E-state index contributed by atoms with van der Waals surface area (Å²) >= 11 is 6.07. The highest BCUT2D eigenvalue weighted by Gasteiger charge is 2.54. The number of benzene rings is 1. The Balaban J connectivity index is 2.06. The Morgan fingerprint density at radius 2 is 1.90 bits per heavy atom. The van der Waals surface area contributed by atoms with Gasteiger partial charge in [-0.25, -0.2) is 0 Å². The first kappa shape index (κ1) is 22.4. The summed E-state index contributed by atoms with van der Waals surface area (Å²) in [5, 5.41) is 3.61. The second kappa shape index (κ2) is 8.81. The molecule has 0 radical (unpaired) electrons. The second-order valence-corrected chi connectivity index (χ2v) is 9.00. The Labute approximate surface area is 182 Å². The SMILES string of the molecule is C#CCN(C1C2C=CC(O2)C1C(=O)OC)[C@@H](C(=O)NC(C)(C)C)c1ccc(Cl)cc1. The van der Waals surface area contributed by atoms with Crippen LogP contribution in [0.25, 0.3) is 0 Å². The number of nitrogens with one attached hydrogen (secondary N) is 1. The zero-order chi connectivity index (χ0) is 22.1. The lowest BCUT2D eigenvalue weighted by Crippen LogP contribution is -2.55. The highest BCUT2D eigenvalue weighted by atomic mass is 35.5. The number of hydrogen-bond acceptors (Lipinski definition) is 5. The van der Waals surface area contributed by atoms with E-state index in [1.807, 2.05) is 37.8 Å². The van der Waals surface area contributed by atoms with E-state index in [-0.39, 0.29) is 24.5 Å². The van der Waals surface area contributed by atoms with Gasteiger partial charge in [-0.3, -0.25) is 14.5 Å². The van der Waals surface area contributed by atoms with Crippen molar-refractivity contribution in [2.24, 2.45) is 5.92 Å². The fourth-order valence-corrected chi connectivity index (χ4v) is 4.27. The molecule has 5 atom stereocenters. The van der Waals surface area contributed by atoms with Gasteiger partial charge in [0.1, 0.15) is 12.0 Å². The van der Waals surface area contributed by atoms with Gasteiger partial charge < -0.3 is 14.8 Å². The van der Waals surface area contributed by atoms with Gasteiger partial charge in [0.25, 0.3) is 0 Å². The Kier molecular flexibility index (Phi) is 6.56. The van der Waals surface area contributed by atoms with Gasteiger partial charge in [-0.15, -0.1) is 6.42 Å². The number of nitrogens with zero attached hydrogens (tertiary/aromatic N) is 1. The maximum absolute atomic E-state index is 13.4. The molecule has 1 amide bonds. The van der Waals surface area contributed by atoms with Gasteiger partial charge in [-0.05, 0) is 38.5 Å². The molecule has 7 heteroatoms. The van der Waals surface area contributed by atoms with Crippen molar-refractivity contribution < 1.29 is 19.1 Å². The number of terminal acetylenes is 1. The number of ether oxygens (including phenoxy) is 2. The molecule has 0 aromatic heterocycles. The van der Waals surface area contributed by atoms with E-state index < -0.39 is 29.6 Å². The molecule has 3 rings (SSSR count). The van der Waals surface area contributed by atoms with E-state index in [1.165, 1.54) is 7.11 Å². The van der Waals surface area contributed by atoms with Crippen molar-refractivity contribution in [2.45, 2.75) is 50.6 Å². The molecular formula is C23H27ClN2O4. The van der Waals surface area contributed by atoms with E-state index >= 15 is 0 Å². The van der Waals surface area contributed by atoms with Crippen LogP contribution in [-0.4, -0.2) is 54.2 Å². The average molecular weight is 431 g/mol. The minimum Gasteiger partial charge on any atom is -0.469 e. The first-order chi connectivity index (χ1) is 14.2. The zero-order valence-corrected chi connectivity index (χ0v) is 18.3. The predicted molar refractivity (Wildman–Crippen MR) is 115 cm³/mol. The maximum Gasteiger partial charge on any atom is 0.313 e. The molecule has 2 aliphatic heterocycles. The Morgan fingerprint density at radius 3 is 2.47 bits per heavy atom. The Hall–Kier alpha value is -2.33. The summed E-state index contributed by atoms with van der Waals surface area (Å²) in [6.07, 6.45) is 8.72. The van der Waals surface area contributed by atoms with Crippen molar-refractivity contribution in [2.75, 3.05) is 13.7 Å². The van der Waals surface area contributed by atoms with Crippen molar-refractivity contribution in [3.63, 3.8) is 0 Å². The number of hydrogen-bond donors (Lipinski definition) is 1. The third-order valence-electron chi connectivity index (χ3n) is 5.26. The standard InChI is InChI=1S/C23H27ClN2O4/c1-6-13-26(20-17-12-11-16(30-17)18(20)22(28)29-5)19(21(27)25-23(2,3)4)14-7-9-15(24)10-8-14/h1,7-12,16-20H,13H2,2-5H3,(H,25,27)/t16?,17?,18?,19-,20?/m1/s1. The Morgan fingerprint density at radius 1 is 1.27 bits per heavy atom. The molecule has 160 valence electrons. The third kappa shape index (κ3) is 4.54. The number of carbonyl (C=O) groups is 2. The molecule has 0 spiro atoms. The molecule has 4 unspecified atom stereocenters. The van der Waals surface area contributed by atoms with Crippen LogP contribution in [0.5, 0.6) is 0 Å². The second-order valence-electron chi connectivity index (χ2n) is 8.56. The predicted octanol–water partition coefficient (Wildman–Crippen LogP) is 2.73. The number of methoxy groups -OCH3 is 1. The fourth-order valence-electron chi connectivity index (χ4n) is 4.14. The Bertz CT molecular complexity index is 869. The van der Waals surface area contributed by atoms with E-state index in [0.29, 0.717) is 5.02 Å². The summed E-state index contributed by atoms with van der Waals surface area (Å²) in [5.74, 6) is 1.48. The molecule has 1 fully saturated rings. The van der Waals surface area contributed by atoms with E-state index in [2.05, 4.69) is 11.2 Å². The molecule has 0 aliphatic carbocycles. The molecule has 2 aliphatic rings. The summed E-state index contributed by atoms with van der Waals surface area (Å²) in [7, 11) is 1.35. The number of halogens is 1. The molecule has 2 heterocycles. The summed E-state index contributed by atoms with van der Waals surface area (Å²) in [5.41, 5.74) is 0.280. The number of amides is 1. The van der Waals surface area contributed by atoms with Crippen molar-refractivity contribution >= 4 is 23.5 Å². The fraction of sp³-hybridized carbons (Fsp3) is 0.478. The van der Waals surface area contributed by atoms with Gasteiger partial charge >= 0.3 is 5.97 Å². The largest absolute Gasteiger partial charge is 0.469 e. The lowest BCUT2D eigenvalue weighted by molar-refractivity contribution is -0.149. The van der Waals surface area contributed by atoms with Crippen LogP contribution in [0.3, 0.4) is 0 Å². The summed E-state index contributed by atoms with van der Waals surface area (Å²) in [6.45, 7) is 5.89. The molecule has 6 nitrogen and oxygen atoms in total. The lowest BCUT2D eigenvalue weighted by atomic mass is 9.86. The summed E-state index contributed by atoms with van der Waals surface area (Å²) in [4.78, 5) is 27.9. The van der Waals surface area contributed by atoms with Crippen LogP contribution in [0.2, 0.25) is 5.02 Å². The van der Waals surface area contributed by atoms with Crippen molar-refractivity contribution in [3.8, 4) is 12.3 Å². The van der Waals surface area contributed by atoms with Gasteiger partial charge in [-0.2, -0.15) is 0 Å². The van der Waals surface area contributed by atoms with Gasteiger partial charge in [0.2, 0.25) is 5.91 Å². The molecule has 1 aromatic rings. The van der Waals surface area contributed by atoms with Gasteiger partial charge in [0, 0.05) is 10.6 Å². The number of fused-ring (bicyclic) bond motifs is 2. The van der Waals surface area contributed by atoms with Crippen LogP contribution in [0.1, 0.15) is 32.4 Å². The molecule has 1 saturated heterocycles. The normalized spacial score (nSPS) is 25.8. The van der Waals surface area contributed by atoms with Crippen LogP contribution in [0, 0.1) is 18.3 Å². The van der Waals surface area contributed by atoms with Crippen LogP contribution in [0.15, 0.2) is 36.4 Å². The van der Waals surface area contributed by atoms with E-state index in [9.17, 15) is 9.59 Å². The first-order valence-electron chi connectivity index (χ1n) is 9.84. The zero-order valence-electron chi connectivity index (χ0n) is 17.6. The van der Waals surface area contributed by atoms with Gasteiger partial charge in [0.15, 0.2) is 0 Å². The average Bonchev–Trinajstić information content (AvgIpc) is 3.28. The molecular weight excluding hydrogens is 404 g/mol. The number of rotatable bonds is 6. The highest BCUT2D eigenvalue weighted by Crippen LogP contribution is 2.41. The van der Waals surface area contributed by atoms with Crippen molar-refractivity contribution in [1.82, 2.24) is 10.2 Å². The summed E-state index contributed by atoms with van der Waals surface area (Å²) < 4.78 is 11.0. The van der Waals surface area contributed by atoms with Crippen molar-refractivity contribution in [1.29, 1.82) is 0 Å². The van der Waals surface area contributed by atoms with Crippen molar-refractivity contribution in [3.05, 3.63) is 47.0 Å². The molecule has 30 heavy (non-hydrogen) atoms.